The number of carbonyl (C=O) groups excluding carboxylic acids is 1. The van der Waals surface area contributed by atoms with Crippen LogP contribution >= 0.6 is 8.15 Å². The van der Waals surface area contributed by atoms with Crippen LogP contribution in [0.1, 0.15) is 26.7 Å². The maximum Gasteiger partial charge on any atom is 0.312 e. The molecule has 0 aromatic heterocycles. The second-order valence-corrected chi connectivity index (χ2v) is 6.69. The molecule has 2 rings (SSSR count). The smallest absolute Gasteiger partial charge is 0.312 e. The van der Waals surface area contributed by atoms with Gasteiger partial charge in [-0.3, -0.25) is 4.79 Å². The van der Waals surface area contributed by atoms with Gasteiger partial charge in [0.1, 0.15) is 0 Å². The van der Waals surface area contributed by atoms with E-state index in [2.05, 4.69) is 0 Å². The van der Waals surface area contributed by atoms with Crippen molar-refractivity contribution >= 4 is 24.7 Å². The van der Waals surface area contributed by atoms with E-state index >= 15 is 0 Å². The van der Waals surface area contributed by atoms with Gasteiger partial charge in [0, 0.05) is 10.6 Å². The second-order valence-electron chi connectivity index (χ2n) is 4.89. The van der Waals surface area contributed by atoms with Crippen molar-refractivity contribution in [3.05, 3.63) is 60.7 Å². The Morgan fingerprint density at radius 2 is 1.33 bits per heavy atom. The molecule has 2 nitrogen and oxygen atoms in total. The zero-order chi connectivity index (χ0) is 15.1. The number of benzene rings is 2. The Kier molecular flexibility index (Phi) is 5.95. The lowest BCUT2D eigenvalue weighted by atomic mass is 10.0. The molecule has 0 amide bonds. The Labute approximate surface area is 128 Å². The van der Waals surface area contributed by atoms with Crippen molar-refractivity contribution in [1.29, 1.82) is 0 Å². The summed E-state index contributed by atoms with van der Waals surface area (Å²) in [5.41, 5.74) is 0. The molecule has 0 atom stereocenters. The van der Waals surface area contributed by atoms with Gasteiger partial charge in [-0.2, -0.15) is 0 Å². The third-order valence-corrected chi connectivity index (χ3v) is 5.38. The van der Waals surface area contributed by atoms with Crippen molar-refractivity contribution in [2.45, 2.75) is 26.7 Å². The first kappa shape index (κ1) is 15.7. The standard InChI is InChI=1S/C18H21O2P/c1-3-15(4-2)18(19)20-21(16-11-7-5-8-12-16)17-13-9-6-10-14-17/h5-15H,3-4H2,1-2H3. The number of carbonyl (C=O) groups is 1. The third kappa shape index (κ3) is 4.15. The molecule has 3 heteroatoms. The highest BCUT2D eigenvalue weighted by atomic mass is 31.1. The van der Waals surface area contributed by atoms with Crippen LogP contribution in [0.3, 0.4) is 0 Å². The summed E-state index contributed by atoms with van der Waals surface area (Å²) in [5.74, 6) is -0.0961. The van der Waals surface area contributed by atoms with Gasteiger partial charge in [0.2, 0.25) is 0 Å². The largest absolute Gasteiger partial charge is 0.435 e. The molecule has 110 valence electrons. The molecule has 0 heterocycles. The van der Waals surface area contributed by atoms with E-state index in [0.717, 1.165) is 23.5 Å². The van der Waals surface area contributed by atoms with Crippen molar-refractivity contribution < 1.29 is 9.32 Å². The molecule has 0 fully saturated rings. The Balaban J connectivity index is 2.27. The summed E-state index contributed by atoms with van der Waals surface area (Å²) >= 11 is 0. The fraction of sp³-hybridized carbons (Fsp3) is 0.278. The molecule has 0 spiro atoms. The summed E-state index contributed by atoms with van der Waals surface area (Å²) in [6.07, 6.45) is 1.64. The van der Waals surface area contributed by atoms with Crippen LogP contribution in [-0.2, 0) is 9.32 Å². The van der Waals surface area contributed by atoms with E-state index in [4.69, 9.17) is 4.52 Å². The van der Waals surface area contributed by atoms with Crippen LogP contribution in [0.15, 0.2) is 60.7 Å². The van der Waals surface area contributed by atoms with Crippen LogP contribution in [0.2, 0.25) is 0 Å². The lowest BCUT2D eigenvalue weighted by Gasteiger charge is -2.20. The van der Waals surface area contributed by atoms with Gasteiger partial charge >= 0.3 is 5.97 Å². The molecule has 0 saturated heterocycles. The molecule has 0 aliphatic rings. The van der Waals surface area contributed by atoms with E-state index in [-0.39, 0.29) is 11.9 Å². The van der Waals surface area contributed by atoms with E-state index in [9.17, 15) is 4.79 Å². The van der Waals surface area contributed by atoms with Crippen LogP contribution in [0.4, 0.5) is 0 Å². The fourth-order valence-corrected chi connectivity index (χ4v) is 3.89. The lowest BCUT2D eigenvalue weighted by Crippen LogP contribution is -2.21. The highest BCUT2D eigenvalue weighted by molar-refractivity contribution is 7.69. The van der Waals surface area contributed by atoms with Crippen molar-refractivity contribution in [3.8, 4) is 0 Å². The van der Waals surface area contributed by atoms with Gasteiger partial charge in [0.25, 0.3) is 0 Å². The minimum absolute atomic E-state index is 0.0116. The first-order chi connectivity index (χ1) is 10.3. The molecule has 21 heavy (non-hydrogen) atoms. The average molecular weight is 300 g/mol. The number of hydrogen-bond acceptors (Lipinski definition) is 2. The molecule has 0 unspecified atom stereocenters. The fourth-order valence-electron chi connectivity index (χ4n) is 2.17. The predicted octanol–water partition coefficient (Wildman–Crippen LogP) is 4.01. The Hall–Kier alpha value is -1.66. The number of rotatable bonds is 6. The molecule has 0 radical (unpaired) electrons. The molecule has 0 aliphatic heterocycles. The molecule has 2 aromatic rings. The van der Waals surface area contributed by atoms with E-state index < -0.39 is 8.15 Å². The lowest BCUT2D eigenvalue weighted by molar-refractivity contribution is -0.138. The molecule has 0 saturated carbocycles. The first-order valence-corrected chi connectivity index (χ1v) is 8.64. The Morgan fingerprint density at radius 1 is 0.905 bits per heavy atom. The summed E-state index contributed by atoms with van der Waals surface area (Å²) in [4.78, 5) is 12.4. The third-order valence-electron chi connectivity index (χ3n) is 3.48. The highest BCUT2D eigenvalue weighted by Crippen LogP contribution is 2.36. The zero-order valence-electron chi connectivity index (χ0n) is 12.5. The van der Waals surface area contributed by atoms with E-state index in [1.807, 2.05) is 74.5 Å². The van der Waals surface area contributed by atoms with Gasteiger partial charge in [-0.15, -0.1) is 0 Å². The predicted molar refractivity (Wildman–Crippen MR) is 89.2 cm³/mol. The van der Waals surface area contributed by atoms with Gasteiger partial charge in [-0.25, -0.2) is 0 Å². The second kappa shape index (κ2) is 7.95. The molecule has 0 N–H and O–H groups in total. The molecule has 0 bridgehead atoms. The van der Waals surface area contributed by atoms with Gasteiger partial charge in [0.15, 0.2) is 8.15 Å². The SMILES string of the molecule is CCC(CC)C(=O)OP(c1ccccc1)c1ccccc1. The molecular weight excluding hydrogens is 279 g/mol. The Bertz CT molecular complexity index is 510. The van der Waals surface area contributed by atoms with Gasteiger partial charge in [-0.05, 0) is 12.8 Å². The molecule has 2 aromatic carbocycles. The number of hydrogen-bond donors (Lipinski definition) is 0. The normalized spacial score (nSPS) is 10.9. The quantitative estimate of drug-likeness (QED) is 0.753. The summed E-state index contributed by atoms with van der Waals surface area (Å²) in [5, 5.41) is 2.14. The van der Waals surface area contributed by atoms with Gasteiger partial charge in [0.05, 0.1) is 5.92 Å². The molecular formula is C18H21O2P. The highest BCUT2D eigenvalue weighted by Gasteiger charge is 2.23. The first-order valence-electron chi connectivity index (χ1n) is 7.38. The summed E-state index contributed by atoms with van der Waals surface area (Å²) < 4.78 is 5.89. The van der Waals surface area contributed by atoms with Gasteiger partial charge in [-0.1, -0.05) is 74.5 Å². The van der Waals surface area contributed by atoms with Crippen molar-refractivity contribution in [3.63, 3.8) is 0 Å². The average Bonchev–Trinajstić information content (AvgIpc) is 2.55. The Morgan fingerprint density at radius 3 is 1.71 bits per heavy atom. The van der Waals surface area contributed by atoms with E-state index in [1.54, 1.807) is 0 Å². The maximum absolute atomic E-state index is 12.4. The summed E-state index contributed by atoms with van der Waals surface area (Å²) in [7, 11) is -1.08. The van der Waals surface area contributed by atoms with Crippen molar-refractivity contribution in [2.24, 2.45) is 5.92 Å². The van der Waals surface area contributed by atoms with Crippen LogP contribution in [0.5, 0.6) is 0 Å². The maximum atomic E-state index is 12.4. The van der Waals surface area contributed by atoms with Gasteiger partial charge < -0.3 is 4.52 Å². The van der Waals surface area contributed by atoms with Crippen molar-refractivity contribution in [1.82, 2.24) is 0 Å². The summed E-state index contributed by atoms with van der Waals surface area (Å²) in [6.45, 7) is 4.06. The van der Waals surface area contributed by atoms with Crippen LogP contribution in [0.25, 0.3) is 0 Å². The minimum Gasteiger partial charge on any atom is -0.435 e. The van der Waals surface area contributed by atoms with Crippen molar-refractivity contribution in [2.75, 3.05) is 0 Å². The van der Waals surface area contributed by atoms with E-state index in [1.165, 1.54) is 0 Å². The topological polar surface area (TPSA) is 26.3 Å². The summed E-state index contributed by atoms with van der Waals surface area (Å²) in [6, 6.07) is 20.0. The minimum atomic E-state index is -1.08. The van der Waals surface area contributed by atoms with Crippen LogP contribution in [-0.4, -0.2) is 5.97 Å². The zero-order valence-corrected chi connectivity index (χ0v) is 13.4. The molecule has 0 aliphatic carbocycles. The van der Waals surface area contributed by atoms with E-state index in [0.29, 0.717) is 0 Å². The van der Waals surface area contributed by atoms with Crippen LogP contribution in [0, 0.1) is 5.92 Å². The van der Waals surface area contributed by atoms with Crippen LogP contribution < -0.4 is 10.6 Å². The monoisotopic (exact) mass is 300 g/mol.